The zero-order chi connectivity index (χ0) is 31.3. The van der Waals surface area contributed by atoms with E-state index in [1.54, 1.807) is 78.9 Å². The Kier molecular flexibility index (Phi) is 11.0. The summed E-state index contributed by atoms with van der Waals surface area (Å²) in [6, 6.07) is 29.8. The molecule has 0 aliphatic carbocycles. The molecule has 0 aliphatic rings. The molecule has 4 aromatic carbocycles. The predicted molar refractivity (Wildman–Crippen MR) is 172 cm³/mol. The van der Waals surface area contributed by atoms with Crippen molar-refractivity contribution >= 4 is 35.8 Å². The number of amides is 2. The molecule has 2 N–H and O–H groups in total. The zero-order valence-corrected chi connectivity index (χ0v) is 24.8. The third-order valence-electron chi connectivity index (χ3n) is 6.64. The Morgan fingerprint density at radius 1 is 0.773 bits per heavy atom. The molecule has 0 saturated carbocycles. The van der Waals surface area contributed by atoms with Crippen LogP contribution in [-0.2, 0) is 4.79 Å². The van der Waals surface area contributed by atoms with Crippen molar-refractivity contribution in [2.24, 2.45) is 5.10 Å². The molecule has 0 spiro atoms. The van der Waals surface area contributed by atoms with Crippen molar-refractivity contribution in [3.05, 3.63) is 131 Å². The third-order valence-corrected chi connectivity index (χ3v) is 6.64. The lowest BCUT2D eigenvalue weighted by Crippen LogP contribution is -2.32. The summed E-state index contributed by atoms with van der Waals surface area (Å²) in [5.74, 6) is -1.01. The van der Waals surface area contributed by atoms with Gasteiger partial charge in [-0.3, -0.25) is 9.59 Å². The molecule has 224 valence electrons. The third kappa shape index (κ3) is 8.42. The van der Waals surface area contributed by atoms with Crippen LogP contribution in [0.4, 0.5) is 5.69 Å². The van der Waals surface area contributed by atoms with Gasteiger partial charge in [0.25, 0.3) is 11.8 Å². The molecule has 4 aromatic rings. The highest BCUT2D eigenvalue weighted by atomic mass is 16.6. The van der Waals surface area contributed by atoms with Crippen molar-refractivity contribution in [3.63, 3.8) is 0 Å². The van der Waals surface area contributed by atoms with Crippen molar-refractivity contribution in [1.29, 1.82) is 0 Å². The summed E-state index contributed by atoms with van der Waals surface area (Å²) < 4.78 is 10.9. The van der Waals surface area contributed by atoms with E-state index < -0.39 is 17.8 Å². The molecule has 0 aromatic heterocycles. The number of carbonyl (C=O) groups excluding carboxylic acids is 3. The van der Waals surface area contributed by atoms with E-state index in [2.05, 4.69) is 34.6 Å². The van der Waals surface area contributed by atoms with Gasteiger partial charge in [0.1, 0.15) is 5.70 Å². The van der Waals surface area contributed by atoms with E-state index in [-0.39, 0.29) is 11.4 Å². The Hall–Kier alpha value is -5.70. The van der Waals surface area contributed by atoms with Crippen LogP contribution < -0.4 is 25.1 Å². The van der Waals surface area contributed by atoms with Crippen LogP contribution in [0.1, 0.15) is 45.7 Å². The number of esters is 1. The van der Waals surface area contributed by atoms with E-state index in [1.807, 2.05) is 30.3 Å². The molecular formula is C35H34N4O5. The lowest BCUT2D eigenvalue weighted by Gasteiger charge is -2.20. The van der Waals surface area contributed by atoms with E-state index in [0.29, 0.717) is 22.4 Å². The first-order valence-corrected chi connectivity index (χ1v) is 14.1. The molecule has 44 heavy (non-hydrogen) atoms. The molecular weight excluding hydrogens is 556 g/mol. The van der Waals surface area contributed by atoms with Gasteiger partial charge in [-0.05, 0) is 85.6 Å². The predicted octanol–water partition coefficient (Wildman–Crippen LogP) is 5.68. The van der Waals surface area contributed by atoms with Crippen LogP contribution in [0, 0.1) is 0 Å². The van der Waals surface area contributed by atoms with Gasteiger partial charge in [0.15, 0.2) is 11.5 Å². The number of rotatable bonds is 12. The number of hydrogen-bond acceptors (Lipinski definition) is 7. The molecule has 0 heterocycles. The number of ether oxygens (including phenoxy) is 2. The SMILES string of the molecule is CCN(CC)c1ccc(C=C(NC(=O)c2ccccc2)C(=O)NN=Cc2ccc(OC(=O)c3ccccc3)c(OC)c2)cc1. The fraction of sp³-hybridized carbons (Fsp3) is 0.143. The maximum atomic E-state index is 13.2. The maximum Gasteiger partial charge on any atom is 0.343 e. The van der Waals surface area contributed by atoms with Crippen LogP contribution in [0.3, 0.4) is 0 Å². The van der Waals surface area contributed by atoms with Gasteiger partial charge in [0.05, 0.1) is 18.9 Å². The second kappa shape index (κ2) is 15.5. The van der Waals surface area contributed by atoms with Gasteiger partial charge in [-0.2, -0.15) is 5.10 Å². The summed E-state index contributed by atoms with van der Waals surface area (Å²) in [6.45, 7) is 5.92. The van der Waals surface area contributed by atoms with Gasteiger partial charge in [0, 0.05) is 24.3 Å². The van der Waals surface area contributed by atoms with E-state index in [0.717, 1.165) is 24.3 Å². The molecule has 0 atom stereocenters. The molecule has 0 unspecified atom stereocenters. The largest absolute Gasteiger partial charge is 0.493 e. The van der Waals surface area contributed by atoms with Crippen LogP contribution in [0.25, 0.3) is 6.08 Å². The minimum atomic E-state index is -0.612. The number of hydrogen-bond donors (Lipinski definition) is 2. The fourth-order valence-corrected chi connectivity index (χ4v) is 4.29. The maximum absolute atomic E-state index is 13.2. The highest BCUT2D eigenvalue weighted by molar-refractivity contribution is 6.05. The van der Waals surface area contributed by atoms with Crippen LogP contribution >= 0.6 is 0 Å². The Morgan fingerprint density at radius 3 is 2.00 bits per heavy atom. The first kappa shape index (κ1) is 31.2. The van der Waals surface area contributed by atoms with Gasteiger partial charge in [-0.15, -0.1) is 0 Å². The topological polar surface area (TPSA) is 109 Å². The van der Waals surface area contributed by atoms with E-state index >= 15 is 0 Å². The normalized spacial score (nSPS) is 11.1. The number of benzene rings is 4. The quantitative estimate of drug-likeness (QED) is 0.0722. The highest BCUT2D eigenvalue weighted by Gasteiger charge is 2.15. The molecule has 2 amide bonds. The molecule has 0 saturated heterocycles. The first-order valence-electron chi connectivity index (χ1n) is 14.1. The summed E-state index contributed by atoms with van der Waals surface area (Å²) in [5.41, 5.74) is 5.68. The van der Waals surface area contributed by atoms with Gasteiger partial charge in [0.2, 0.25) is 0 Å². The summed E-state index contributed by atoms with van der Waals surface area (Å²) in [4.78, 5) is 40.8. The second-order valence-electron chi connectivity index (χ2n) is 9.51. The number of anilines is 1. The lowest BCUT2D eigenvalue weighted by molar-refractivity contribution is -0.117. The first-order chi connectivity index (χ1) is 21.4. The number of nitrogens with one attached hydrogen (secondary N) is 2. The summed E-state index contributed by atoms with van der Waals surface area (Å²) in [6.07, 6.45) is 3.01. The average Bonchev–Trinajstić information content (AvgIpc) is 3.07. The average molecular weight is 591 g/mol. The van der Waals surface area contributed by atoms with Gasteiger partial charge in [-0.1, -0.05) is 48.5 Å². The van der Waals surface area contributed by atoms with Gasteiger partial charge in [-0.25, -0.2) is 10.2 Å². The number of nitrogens with zero attached hydrogens (tertiary/aromatic N) is 2. The van der Waals surface area contributed by atoms with Crippen LogP contribution in [0.15, 0.2) is 114 Å². The lowest BCUT2D eigenvalue weighted by atomic mass is 10.1. The van der Waals surface area contributed by atoms with Crippen molar-refractivity contribution in [2.75, 3.05) is 25.1 Å². The molecule has 0 radical (unpaired) electrons. The number of hydrazone groups is 1. The smallest absolute Gasteiger partial charge is 0.343 e. The van der Waals surface area contributed by atoms with Crippen molar-refractivity contribution in [2.45, 2.75) is 13.8 Å². The zero-order valence-electron chi connectivity index (χ0n) is 24.8. The Labute approximate surface area is 256 Å². The minimum Gasteiger partial charge on any atom is -0.493 e. The molecule has 9 nitrogen and oxygen atoms in total. The highest BCUT2D eigenvalue weighted by Crippen LogP contribution is 2.28. The summed E-state index contributed by atoms with van der Waals surface area (Å²) in [7, 11) is 1.46. The van der Waals surface area contributed by atoms with E-state index in [9.17, 15) is 14.4 Å². The second-order valence-corrected chi connectivity index (χ2v) is 9.51. The van der Waals surface area contributed by atoms with Crippen molar-refractivity contribution < 1.29 is 23.9 Å². The summed E-state index contributed by atoms with van der Waals surface area (Å²) in [5, 5.41) is 6.78. The van der Waals surface area contributed by atoms with Crippen LogP contribution in [0.2, 0.25) is 0 Å². The Morgan fingerprint density at radius 2 is 1.39 bits per heavy atom. The van der Waals surface area contributed by atoms with Crippen LogP contribution in [0.5, 0.6) is 11.5 Å². The minimum absolute atomic E-state index is 0.0207. The molecule has 0 fully saturated rings. The standard InChI is InChI=1S/C35H34N4O5/c1-4-39(5-2)29-19-16-25(17-20-29)22-30(37-33(40)27-12-8-6-9-13-27)34(41)38-36-24-26-18-21-31(32(23-26)43-3)44-35(42)28-14-10-7-11-15-28/h6-24H,4-5H2,1-3H3,(H,37,40)(H,38,41). The van der Waals surface area contributed by atoms with Gasteiger partial charge < -0.3 is 19.7 Å². The molecule has 9 heteroatoms. The molecule has 0 bridgehead atoms. The summed E-state index contributed by atoms with van der Waals surface area (Å²) >= 11 is 0. The molecule has 0 aliphatic heterocycles. The monoisotopic (exact) mass is 590 g/mol. The van der Waals surface area contributed by atoms with Crippen LogP contribution in [-0.4, -0.2) is 44.2 Å². The van der Waals surface area contributed by atoms with E-state index in [4.69, 9.17) is 9.47 Å². The van der Waals surface area contributed by atoms with Gasteiger partial charge >= 0.3 is 5.97 Å². The number of carbonyl (C=O) groups is 3. The fourth-order valence-electron chi connectivity index (χ4n) is 4.29. The van der Waals surface area contributed by atoms with Crippen molar-refractivity contribution in [3.8, 4) is 11.5 Å². The van der Waals surface area contributed by atoms with E-state index in [1.165, 1.54) is 13.3 Å². The van der Waals surface area contributed by atoms with Crippen molar-refractivity contribution in [1.82, 2.24) is 10.7 Å². The molecule has 4 rings (SSSR count). The Balaban J connectivity index is 1.50. The Bertz CT molecular complexity index is 1630. The number of methoxy groups -OCH3 is 1.